The van der Waals surface area contributed by atoms with E-state index >= 15 is 0 Å². The topological polar surface area (TPSA) is 6.48 Å². The molecule has 0 amide bonds. The molecule has 9 rings (SSSR count). The van der Waals surface area contributed by atoms with Gasteiger partial charge in [0.05, 0.1) is 34.1 Å². The predicted octanol–water partition coefficient (Wildman–Crippen LogP) is 11.4. The molecule has 0 atom stereocenters. The van der Waals surface area contributed by atoms with Gasteiger partial charge in [-0.25, -0.2) is 0 Å². The fraction of sp³-hybridized carbons (Fsp3) is 0.0769. The molecule has 3 aliphatic rings. The lowest BCUT2D eigenvalue weighted by Gasteiger charge is -2.49. The predicted molar refractivity (Wildman–Crippen MR) is 176 cm³/mol. The van der Waals surface area contributed by atoms with Crippen LogP contribution in [-0.2, 0) is 5.41 Å². The number of hydrogen-bond acceptors (Lipinski definition) is 3. The van der Waals surface area contributed by atoms with Gasteiger partial charge >= 0.3 is 0 Å². The molecule has 2 nitrogen and oxygen atoms in total. The van der Waals surface area contributed by atoms with E-state index in [0.717, 1.165) is 0 Å². The van der Waals surface area contributed by atoms with Crippen LogP contribution in [0.2, 0.25) is 0 Å². The number of anilines is 6. The maximum Gasteiger partial charge on any atom is 0.0844 e. The molecule has 0 fully saturated rings. The Morgan fingerprint density at radius 1 is 0.429 bits per heavy atom. The van der Waals surface area contributed by atoms with Gasteiger partial charge in [-0.3, -0.25) is 0 Å². The van der Waals surface area contributed by atoms with Crippen molar-refractivity contribution in [2.24, 2.45) is 0 Å². The molecule has 200 valence electrons. The molecule has 0 bridgehead atoms. The highest BCUT2D eigenvalue weighted by atomic mass is 32.2. The van der Waals surface area contributed by atoms with Crippen molar-refractivity contribution in [3.63, 3.8) is 0 Å². The third-order valence-electron chi connectivity index (χ3n) is 9.14. The number of nitrogens with zero attached hydrogens (tertiary/aromatic N) is 2. The van der Waals surface area contributed by atoms with Gasteiger partial charge in [0.25, 0.3) is 0 Å². The highest BCUT2D eigenvalue weighted by Crippen LogP contribution is 2.65. The first-order valence-electron chi connectivity index (χ1n) is 14.5. The summed E-state index contributed by atoms with van der Waals surface area (Å²) in [5, 5.41) is 0. The van der Waals surface area contributed by atoms with Crippen LogP contribution in [0.5, 0.6) is 0 Å². The van der Waals surface area contributed by atoms with Gasteiger partial charge < -0.3 is 9.80 Å². The van der Waals surface area contributed by atoms with Crippen LogP contribution in [0, 0.1) is 0 Å². The molecule has 0 unspecified atom stereocenters. The Kier molecular flexibility index (Phi) is 4.92. The zero-order valence-electron chi connectivity index (χ0n) is 23.5. The van der Waals surface area contributed by atoms with Gasteiger partial charge in [0, 0.05) is 15.2 Å². The summed E-state index contributed by atoms with van der Waals surface area (Å²) >= 11 is 1.88. The number of rotatable bonds is 2. The fourth-order valence-electron chi connectivity index (χ4n) is 7.09. The number of hydrogen-bond donors (Lipinski definition) is 0. The average molecular weight is 557 g/mol. The van der Waals surface area contributed by atoms with E-state index in [-0.39, 0.29) is 5.41 Å². The van der Waals surface area contributed by atoms with Crippen molar-refractivity contribution in [1.29, 1.82) is 0 Å². The minimum absolute atomic E-state index is 0.165. The molecule has 0 aromatic heterocycles. The van der Waals surface area contributed by atoms with Crippen LogP contribution in [0.25, 0.3) is 22.3 Å². The van der Waals surface area contributed by atoms with Gasteiger partial charge in [0.2, 0.25) is 0 Å². The Morgan fingerprint density at radius 2 is 1.02 bits per heavy atom. The Labute approximate surface area is 250 Å². The van der Waals surface area contributed by atoms with Crippen LogP contribution in [0.1, 0.15) is 25.0 Å². The van der Waals surface area contributed by atoms with Gasteiger partial charge in [0.15, 0.2) is 0 Å². The van der Waals surface area contributed by atoms with Crippen molar-refractivity contribution < 1.29 is 0 Å². The van der Waals surface area contributed by atoms with Crippen molar-refractivity contribution in [3.05, 3.63) is 145 Å². The van der Waals surface area contributed by atoms with Gasteiger partial charge in [-0.15, -0.1) is 0 Å². The van der Waals surface area contributed by atoms with E-state index < -0.39 is 0 Å². The Bertz CT molecular complexity index is 2050. The molecule has 0 aliphatic carbocycles. The van der Waals surface area contributed by atoms with Crippen molar-refractivity contribution in [1.82, 2.24) is 0 Å². The van der Waals surface area contributed by atoms with Crippen molar-refractivity contribution in [3.8, 4) is 22.3 Å². The molecule has 42 heavy (non-hydrogen) atoms. The molecule has 0 spiro atoms. The maximum atomic E-state index is 2.53. The van der Waals surface area contributed by atoms with Crippen LogP contribution in [0.3, 0.4) is 0 Å². The number of benzene rings is 6. The minimum Gasteiger partial charge on any atom is -0.306 e. The average Bonchev–Trinajstić information content (AvgIpc) is 3.04. The molecule has 0 saturated carbocycles. The summed E-state index contributed by atoms with van der Waals surface area (Å²) in [6.45, 7) is 4.76. The maximum absolute atomic E-state index is 2.53. The molecular formula is C39H28N2S. The normalized spacial score (nSPS) is 14.9. The highest BCUT2D eigenvalue weighted by Gasteiger charge is 2.44. The van der Waals surface area contributed by atoms with Crippen LogP contribution in [0.15, 0.2) is 143 Å². The third kappa shape index (κ3) is 3.23. The van der Waals surface area contributed by atoms with Crippen LogP contribution in [0.4, 0.5) is 34.1 Å². The molecular weight excluding hydrogens is 529 g/mol. The molecule has 6 aromatic carbocycles. The highest BCUT2D eigenvalue weighted by molar-refractivity contribution is 7.99. The Hall–Kier alpha value is -4.73. The number of fused-ring (bicyclic) bond motifs is 6. The monoisotopic (exact) mass is 556 g/mol. The van der Waals surface area contributed by atoms with Gasteiger partial charge in [-0.1, -0.05) is 117 Å². The first-order valence-corrected chi connectivity index (χ1v) is 15.4. The Morgan fingerprint density at radius 3 is 1.74 bits per heavy atom. The van der Waals surface area contributed by atoms with Crippen molar-refractivity contribution in [2.45, 2.75) is 29.1 Å². The standard InChI is InChI=1S/C39H28N2S/c1-39(2)29-15-9-16-33-37(29)40(31-21-19-27(23-30(31)39)25-11-5-3-6-12-25)34-17-10-18-35-38(34)41(33)32-22-20-28(24-36(32)42-35)26-13-7-4-8-14-26/h3-24H,1-2H3. The fourth-order valence-corrected chi connectivity index (χ4v) is 8.21. The van der Waals surface area contributed by atoms with E-state index in [9.17, 15) is 0 Å². The summed E-state index contributed by atoms with van der Waals surface area (Å²) in [6.07, 6.45) is 0. The molecule has 0 radical (unpaired) electrons. The number of para-hydroxylation sites is 2. The summed E-state index contributed by atoms with van der Waals surface area (Å²) in [7, 11) is 0. The lowest BCUT2D eigenvalue weighted by atomic mass is 9.72. The second-order valence-electron chi connectivity index (χ2n) is 11.8. The first-order chi connectivity index (χ1) is 20.6. The first kappa shape index (κ1) is 23.9. The van der Waals surface area contributed by atoms with Crippen molar-refractivity contribution in [2.75, 3.05) is 9.80 Å². The summed E-state index contributed by atoms with van der Waals surface area (Å²) in [6, 6.07) is 49.1. The van der Waals surface area contributed by atoms with Crippen LogP contribution >= 0.6 is 11.8 Å². The van der Waals surface area contributed by atoms with E-state index in [1.165, 1.54) is 77.3 Å². The molecule has 0 saturated heterocycles. The van der Waals surface area contributed by atoms with E-state index in [2.05, 4.69) is 157 Å². The molecule has 0 N–H and O–H groups in total. The minimum atomic E-state index is -0.165. The smallest absolute Gasteiger partial charge is 0.0844 e. The molecule has 3 heteroatoms. The lowest BCUT2D eigenvalue weighted by molar-refractivity contribution is 0.631. The molecule has 3 heterocycles. The van der Waals surface area contributed by atoms with E-state index in [1.807, 2.05) is 11.8 Å². The second-order valence-corrected chi connectivity index (χ2v) is 12.9. The summed E-state index contributed by atoms with van der Waals surface area (Å²) < 4.78 is 0. The summed E-state index contributed by atoms with van der Waals surface area (Å²) in [4.78, 5) is 7.61. The van der Waals surface area contributed by atoms with Gasteiger partial charge in [0.1, 0.15) is 0 Å². The van der Waals surface area contributed by atoms with E-state index in [0.29, 0.717) is 0 Å². The second kappa shape index (κ2) is 8.64. The van der Waals surface area contributed by atoms with Gasteiger partial charge in [-0.2, -0.15) is 0 Å². The summed E-state index contributed by atoms with van der Waals surface area (Å²) in [5.74, 6) is 0. The Balaban J connectivity index is 1.28. The van der Waals surface area contributed by atoms with Crippen LogP contribution < -0.4 is 9.80 Å². The van der Waals surface area contributed by atoms with E-state index in [1.54, 1.807) is 0 Å². The molecule has 3 aliphatic heterocycles. The zero-order chi connectivity index (χ0) is 28.0. The third-order valence-corrected chi connectivity index (χ3v) is 10.2. The van der Waals surface area contributed by atoms with Gasteiger partial charge in [-0.05, 0) is 75.8 Å². The van der Waals surface area contributed by atoms with E-state index in [4.69, 9.17) is 0 Å². The zero-order valence-corrected chi connectivity index (χ0v) is 24.3. The molecule has 6 aromatic rings. The summed E-state index contributed by atoms with van der Waals surface area (Å²) in [5.41, 5.74) is 15.1. The SMILES string of the molecule is CC1(C)c2cc(-c3ccccc3)ccc2N2c3cccc4c3N(c3ccc(-c5ccccc5)cc3S4)c3cccc1c32. The largest absolute Gasteiger partial charge is 0.306 e. The quantitative estimate of drug-likeness (QED) is 0.209. The lowest BCUT2D eigenvalue weighted by Crippen LogP contribution is -2.35. The van der Waals surface area contributed by atoms with Crippen molar-refractivity contribution >= 4 is 45.9 Å². The van der Waals surface area contributed by atoms with Crippen LogP contribution in [-0.4, -0.2) is 0 Å².